The molecule has 0 radical (unpaired) electrons. The van der Waals surface area contributed by atoms with Gasteiger partial charge in [-0.25, -0.2) is 0 Å². The van der Waals surface area contributed by atoms with Crippen LogP contribution in [0.3, 0.4) is 0 Å². The molecule has 4 atom stereocenters. The van der Waals surface area contributed by atoms with Crippen molar-refractivity contribution in [3.8, 4) is 0 Å². The van der Waals surface area contributed by atoms with Crippen LogP contribution in [0.2, 0.25) is 0 Å². The largest absolute Gasteiger partial charge is 0.127 e. The van der Waals surface area contributed by atoms with Crippen molar-refractivity contribution < 1.29 is 0 Å². The van der Waals surface area contributed by atoms with Gasteiger partial charge >= 0.3 is 0 Å². The number of alkyl halides is 4. The molecule has 7 aliphatic rings. The van der Waals surface area contributed by atoms with Gasteiger partial charge in [-0.15, -0.1) is 46.4 Å². The molecular weight excluding hydrogens is 358 g/mol. The summed E-state index contributed by atoms with van der Waals surface area (Å²) in [6.07, 6.45) is 6.15. The molecule has 2 spiro atoms. The summed E-state index contributed by atoms with van der Waals surface area (Å²) in [6, 6.07) is 9.00. The van der Waals surface area contributed by atoms with Crippen LogP contribution in [0, 0.1) is 22.7 Å². The van der Waals surface area contributed by atoms with E-state index in [9.17, 15) is 0 Å². The zero-order valence-electron chi connectivity index (χ0n) is 12.2. The van der Waals surface area contributed by atoms with Gasteiger partial charge in [-0.3, -0.25) is 0 Å². The number of hydrogen-bond acceptors (Lipinski definition) is 0. The molecule has 4 bridgehead atoms. The van der Waals surface area contributed by atoms with Crippen molar-refractivity contribution in [2.45, 2.75) is 47.2 Å². The highest BCUT2D eigenvalue weighted by Crippen LogP contribution is 2.89. The van der Waals surface area contributed by atoms with Crippen molar-refractivity contribution in [2.75, 3.05) is 0 Å². The second-order valence-electron chi connectivity index (χ2n) is 7.89. The van der Waals surface area contributed by atoms with Gasteiger partial charge in [-0.05, 0) is 49.7 Å². The third-order valence-electron chi connectivity index (χ3n) is 7.25. The Kier molecular flexibility index (Phi) is 2.76. The molecule has 4 heteroatoms. The van der Waals surface area contributed by atoms with Crippen LogP contribution >= 0.6 is 46.4 Å². The zero-order valence-corrected chi connectivity index (χ0v) is 15.2. The summed E-state index contributed by atoms with van der Waals surface area (Å²) < 4.78 is -1.16. The van der Waals surface area contributed by atoms with E-state index in [0.717, 1.165) is 38.5 Å². The fourth-order valence-corrected chi connectivity index (χ4v) is 7.75. The first-order chi connectivity index (χ1) is 10.3. The molecular formula is C18H18Cl4. The monoisotopic (exact) mass is 374 g/mol. The number of rotatable bonds is 0. The standard InChI is InChI=1S/C18H18Cl4/c19-17(20)13-10-16-8-6-12-2-1-11(3-4-12)5-7-15(13,17)9-14(16)18(16,21)22/h1-4,13-14H,5-10H2. The van der Waals surface area contributed by atoms with Gasteiger partial charge in [0.05, 0.1) is 0 Å². The van der Waals surface area contributed by atoms with Gasteiger partial charge in [0, 0.05) is 22.7 Å². The van der Waals surface area contributed by atoms with Crippen molar-refractivity contribution in [3.05, 3.63) is 35.4 Å². The van der Waals surface area contributed by atoms with E-state index in [-0.39, 0.29) is 10.8 Å². The Labute approximate surface area is 151 Å². The van der Waals surface area contributed by atoms with E-state index in [1.54, 1.807) is 0 Å². The van der Waals surface area contributed by atoms with E-state index >= 15 is 0 Å². The maximum absolute atomic E-state index is 6.74. The molecule has 4 unspecified atom stereocenters. The molecule has 7 aliphatic carbocycles. The van der Waals surface area contributed by atoms with Crippen LogP contribution in [-0.4, -0.2) is 8.67 Å². The fraction of sp³-hybridized carbons (Fsp3) is 0.667. The maximum Gasteiger partial charge on any atom is 0.127 e. The Hall–Kier alpha value is 0.380. The van der Waals surface area contributed by atoms with Gasteiger partial charge in [-0.2, -0.15) is 0 Å². The topological polar surface area (TPSA) is 0 Å². The molecule has 1 aromatic carbocycles. The number of hydrogen-bond donors (Lipinski definition) is 0. The van der Waals surface area contributed by atoms with Crippen molar-refractivity contribution in [2.24, 2.45) is 22.7 Å². The molecule has 0 N–H and O–H groups in total. The van der Waals surface area contributed by atoms with Gasteiger partial charge in [0.15, 0.2) is 0 Å². The van der Waals surface area contributed by atoms with Crippen molar-refractivity contribution in [3.63, 3.8) is 0 Å². The van der Waals surface area contributed by atoms with Crippen LogP contribution in [0.1, 0.15) is 36.8 Å². The molecule has 0 heterocycles. The summed E-state index contributed by atoms with van der Waals surface area (Å²) in [6.45, 7) is 0. The lowest BCUT2D eigenvalue weighted by Gasteiger charge is -2.27. The Morgan fingerprint density at radius 2 is 1.05 bits per heavy atom. The Morgan fingerprint density at radius 1 is 0.682 bits per heavy atom. The summed E-state index contributed by atoms with van der Waals surface area (Å²) in [5, 5.41) is 0. The first-order valence-corrected chi connectivity index (χ1v) is 9.68. The fourth-order valence-electron chi connectivity index (χ4n) is 5.61. The van der Waals surface area contributed by atoms with Crippen LogP contribution in [0.15, 0.2) is 24.3 Å². The lowest BCUT2D eigenvalue weighted by atomic mass is 9.76. The van der Waals surface area contributed by atoms with Gasteiger partial charge in [0.1, 0.15) is 8.67 Å². The second-order valence-corrected chi connectivity index (χ2v) is 10.7. The molecule has 3 fully saturated rings. The van der Waals surface area contributed by atoms with Crippen LogP contribution in [0.4, 0.5) is 0 Å². The molecule has 0 aliphatic heterocycles. The second kappa shape index (κ2) is 4.13. The quantitative estimate of drug-likeness (QED) is 0.492. The third kappa shape index (κ3) is 1.55. The number of aryl methyl sites for hydroxylation is 2. The molecule has 0 saturated heterocycles. The normalized spacial score (nSPS) is 46.2. The smallest absolute Gasteiger partial charge is 0.101 e. The van der Waals surface area contributed by atoms with Crippen LogP contribution < -0.4 is 0 Å². The minimum Gasteiger partial charge on any atom is -0.101 e. The Morgan fingerprint density at radius 3 is 1.41 bits per heavy atom. The Balaban J connectivity index is 1.59. The molecule has 0 nitrogen and oxygen atoms in total. The summed E-state index contributed by atoms with van der Waals surface area (Å²) in [7, 11) is 0. The lowest BCUT2D eigenvalue weighted by molar-refractivity contribution is 0.228. The predicted octanol–water partition coefficient (Wildman–Crippen LogP) is 5.94. The van der Waals surface area contributed by atoms with Crippen LogP contribution in [-0.2, 0) is 12.8 Å². The highest BCUT2D eigenvalue weighted by molar-refractivity contribution is 6.53. The number of benzene rings is 1. The van der Waals surface area contributed by atoms with E-state index in [4.69, 9.17) is 46.4 Å². The Bertz CT molecular complexity index is 593. The summed E-state index contributed by atoms with van der Waals surface area (Å²) in [4.78, 5) is 0. The average molecular weight is 376 g/mol. The molecule has 22 heavy (non-hydrogen) atoms. The van der Waals surface area contributed by atoms with E-state index in [2.05, 4.69) is 24.3 Å². The summed E-state index contributed by atoms with van der Waals surface area (Å²) in [5.41, 5.74) is 2.80. The highest BCUT2D eigenvalue weighted by Gasteiger charge is 2.88. The maximum atomic E-state index is 6.74. The van der Waals surface area contributed by atoms with Gasteiger partial charge in [0.25, 0.3) is 0 Å². The number of halogens is 4. The van der Waals surface area contributed by atoms with Crippen molar-refractivity contribution in [1.29, 1.82) is 0 Å². The van der Waals surface area contributed by atoms with Crippen LogP contribution in [0.5, 0.6) is 0 Å². The summed E-state index contributed by atoms with van der Waals surface area (Å²) >= 11 is 26.9. The molecule has 1 aromatic rings. The van der Waals surface area contributed by atoms with E-state index in [1.807, 2.05) is 0 Å². The third-order valence-corrected chi connectivity index (χ3v) is 9.81. The van der Waals surface area contributed by atoms with Crippen molar-refractivity contribution in [1.82, 2.24) is 0 Å². The minimum atomic E-state index is -0.579. The zero-order chi connectivity index (χ0) is 15.4. The predicted molar refractivity (Wildman–Crippen MR) is 93.0 cm³/mol. The van der Waals surface area contributed by atoms with E-state index < -0.39 is 8.67 Å². The molecule has 8 rings (SSSR count). The van der Waals surface area contributed by atoms with Gasteiger partial charge in [-0.1, -0.05) is 24.3 Å². The minimum absolute atomic E-state index is 0.0215. The first-order valence-electron chi connectivity index (χ1n) is 8.17. The van der Waals surface area contributed by atoms with Gasteiger partial charge in [0.2, 0.25) is 0 Å². The van der Waals surface area contributed by atoms with E-state index in [0.29, 0.717) is 11.8 Å². The van der Waals surface area contributed by atoms with E-state index in [1.165, 1.54) is 11.1 Å². The first kappa shape index (κ1) is 14.7. The van der Waals surface area contributed by atoms with Crippen molar-refractivity contribution >= 4 is 46.4 Å². The summed E-state index contributed by atoms with van der Waals surface area (Å²) in [5.74, 6) is 0.714. The molecule has 118 valence electrons. The van der Waals surface area contributed by atoms with Gasteiger partial charge < -0.3 is 0 Å². The highest BCUT2D eigenvalue weighted by atomic mass is 35.5. The molecule has 3 saturated carbocycles. The SMILES string of the molecule is ClC1(Cl)C2CC34CCc5ccc(cc5)CCC21CC3C4(Cl)Cl. The molecule has 0 aromatic heterocycles. The average Bonchev–Trinajstić information content (AvgIpc) is 3.16. The van der Waals surface area contributed by atoms with Crippen LogP contribution in [0.25, 0.3) is 0 Å². The lowest BCUT2D eigenvalue weighted by Crippen LogP contribution is -2.21. The molecule has 0 amide bonds.